The molecular weight excluding hydrogens is 154 g/mol. The highest BCUT2D eigenvalue weighted by molar-refractivity contribution is 4.64. The summed E-state index contributed by atoms with van der Waals surface area (Å²) < 4.78 is 1.37. The van der Waals surface area contributed by atoms with Crippen LogP contribution in [0.4, 0.5) is 0 Å². The second kappa shape index (κ2) is 2.72. The lowest BCUT2D eigenvalue weighted by atomic mass is 11.1. The predicted octanol–water partition coefficient (Wildman–Crippen LogP) is -2.76. The first-order valence-electron chi connectivity index (χ1n) is 2.82. The van der Waals surface area contributed by atoms with Crippen molar-refractivity contribution in [1.82, 2.24) is 14.3 Å². The number of hydrogen-bond donors (Lipinski definition) is 3. The zero-order chi connectivity index (χ0) is 8.43. The van der Waals surface area contributed by atoms with Crippen LogP contribution in [0.3, 0.4) is 0 Å². The topological polar surface area (TPSA) is 100 Å². The van der Waals surface area contributed by atoms with Crippen molar-refractivity contribution in [3.05, 3.63) is 21.0 Å². The Morgan fingerprint density at radius 3 is 1.73 bits per heavy atom. The molecule has 0 aromatic carbocycles. The number of nitrogens with one attached hydrogen (secondary N) is 1. The Morgan fingerprint density at radius 1 is 1.09 bits per heavy atom. The van der Waals surface area contributed by atoms with Gasteiger partial charge in [0.2, 0.25) is 0 Å². The molecule has 3 N–H and O–H groups in total. The average Bonchev–Trinajstić information content (AvgIpc) is 2.24. The number of nitrogens with zero attached hydrogens (tertiary/aromatic N) is 2. The molecule has 0 atom stereocenters. The van der Waals surface area contributed by atoms with Gasteiger partial charge in [0.15, 0.2) is 0 Å². The van der Waals surface area contributed by atoms with Crippen LogP contribution in [-0.4, -0.2) is 24.6 Å². The van der Waals surface area contributed by atoms with E-state index in [4.69, 9.17) is 10.2 Å². The first-order chi connectivity index (χ1) is 5.20. The molecule has 0 unspecified atom stereocenters. The molecule has 1 aromatic rings. The lowest BCUT2D eigenvalue weighted by molar-refractivity contribution is 0.115. The Balaban J connectivity index is 3.41. The Hall–Kier alpha value is -1.34. The zero-order valence-corrected chi connectivity index (χ0v) is 5.52. The summed E-state index contributed by atoms with van der Waals surface area (Å²) in [7, 11) is 0. The fourth-order valence-corrected chi connectivity index (χ4v) is 0.721. The Labute approximate surface area is 60.1 Å². The van der Waals surface area contributed by atoms with E-state index in [1.165, 1.54) is 0 Å². The third kappa shape index (κ3) is 1.10. The molecule has 7 nitrogen and oxygen atoms in total. The highest BCUT2D eigenvalue weighted by Crippen LogP contribution is 1.72. The van der Waals surface area contributed by atoms with E-state index in [1.54, 1.807) is 0 Å². The van der Waals surface area contributed by atoms with Crippen molar-refractivity contribution in [3.8, 4) is 0 Å². The van der Waals surface area contributed by atoms with E-state index < -0.39 is 24.8 Å². The van der Waals surface area contributed by atoms with Crippen molar-refractivity contribution in [2.45, 2.75) is 13.5 Å². The minimum atomic E-state index is -0.744. The molecular formula is C4H7N3O4. The van der Waals surface area contributed by atoms with E-state index in [0.717, 1.165) is 0 Å². The second-order valence-corrected chi connectivity index (χ2v) is 1.82. The van der Waals surface area contributed by atoms with Gasteiger partial charge in [0.05, 0.1) is 0 Å². The van der Waals surface area contributed by atoms with E-state index in [1.807, 2.05) is 4.98 Å². The normalized spacial score (nSPS) is 10.4. The standard InChI is InChI=1S/C4H7N3O4/c8-1-6-3(10)5-4(11)7(6)2-9/h8-9H,1-2H2,(H,5,10,11). The number of hydrogen-bond acceptors (Lipinski definition) is 4. The van der Waals surface area contributed by atoms with Gasteiger partial charge in [-0.05, 0) is 0 Å². The van der Waals surface area contributed by atoms with Gasteiger partial charge in [-0.15, -0.1) is 0 Å². The number of rotatable bonds is 2. The summed E-state index contributed by atoms with van der Waals surface area (Å²) in [5, 5.41) is 17.0. The van der Waals surface area contributed by atoms with Crippen LogP contribution in [0.15, 0.2) is 9.59 Å². The molecule has 0 fully saturated rings. The van der Waals surface area contributed by atoms with Crippen molar-refractivity contribution in [2.75, 3.05) is 0 Å². The van der Waals surface area contributed by atoms with Crippen LogP contribution in [0.5, 0.6) is 0 Å². The summed E-state index contributed by atoms with van der Waals surface area (Å²) >= 11 is 0. The van der Waals surface area contributed by atoms with Crippen LogP contribution in [0.25, 0.3) is 0 Å². The van der Waals surface area contributed by atoms with Crippen LogP contribution >= 0.6 is 0 Å². The van der Waals surface area contributed by atoms with Crippen molar-refractivity contribution >= 4 is 0 Å². The molecule has 0 radical (unpaired) electrons. The highest BCUT2D eigenvalue weighted by Gasteiger charge is 2.04. The Kier molecular flexibility index (Phi) is 1.92. The van der Waals surface area contributed by atoms with Crippen molar-refractivity contribution in [2.24, 2.45) is 0 Å². The second-order valence-electron chi connectivity index (χ2n) is 1.82. The maximum absolute atomic E-state index is 10.7. The summed E-state index contributed by atoms with van der Waals surface area (Å²) in [5.41, 5.74) is -1.49. The molecule has 0 spiro atoms. The fourth-order valence-electron chi connectivity index (χ4n) is 0.721. The Morgan fingerprint density at radius 2 is 1.45 bits per heavy atom. The summed E-state index contributed by atoms with van der Waals surface area (Å²) in [6.07, 6.45) is 0. The average molecular weight is 161 g/mol. The number of aliphatic hydroxyl groups is 2. The van der Waals surface area contributed by atoms with Crippen molar-refractivity contribution in [1.29, 1.82) is 0 Å². The maximum Gasteiger partial charge on any atom is 0.346 e. The number of aromatic nitrogens is 3. The van der Waals surface area contributed by atoms with Gasteiger partial charge >= 0.3 is 11.4 Å². The molecule has 0 amide bonds. The third-order valence-electron chi connectivity index (χ3n) is 1.24. The van der Waals surface area contributed by atoms with E-state index in [-0.39, 0.29) is 0 Å². The molecule has 0 aliphatic carbocycles. The molecule has 1 aromatic heterocycles. The molecule has 0 aliphatic heterocycles. The molecule has 0 saturated carbocycles. The number of aliphatic hydroxyl groups excluding tert-OH is 2. The largest absolute Gasteiger partial charge is 0.374 e. The van der Waals surface area contributed by atoms with Gasteiger partial charge in [-0.1, -0.05) is 0 Å². The SMILES string of the molecule is O=c1[nH]c(=O)n(CO)n1CO. The highest BCUT2D eigenvalue weighted by atomic mass is 16.3. The van der Waals surface area contributed by atoms with Crippen LogP contribution in [0, 0.1) is 0 Å². The van der Waals surface area contributed by atoms with Gasteiger partial charge in [0.1, 0.15) is 13.5 Å². The lowest BCUT2D eigenvalue weighted by Gasteiger charge is -2.00. The quantitative estimate of drug-likeness (QED) is 0.437. The molecule has 1 heterocycles. The molecule has 0 bridgehead atoms. The minimum absolute atomic E-state index is 0.641. The van der Waals surface area contributed by atoms with Gasteiger partial charge in [0, 0.05) is 0 Å². The summed E-state index contributed by atoms with van der Waals surface area (Å²) in [6.45, 7) is -1.28. The van der Waals surface area contributed by atoms with Crippen LogP contribution in [0.1, 0.15) is 0 Å². The fraction of sp³-hybridized carbons (Fsp3) is 0.500. The monoisotopic (exact) mass is 161 g/mol. The molecule has 11 heavy (non-hydrogen) atoms. The zero-order valence-electron chi connectivity index (χ0n) is 5.52. The molecule has 0 aliphatic rings. The third-order valence-corrected chi connectivity index (χ3v) is 1.24. The summed E-state index contributed by atoms with van der Waals surface area (Å²) in [6, 6.07) is 0. The Bertz CT molecular complexity index is 312. The number of aromatic amines is 1. The molecule has 7 heteroatoms. The minimum Gasteiger partial charge on any atom is -0.374 e. The van der Waals surface area contributed by atoms with Gasteiger partial charge in [-0.3, -0.25) is 4.98 Å². The van der Waals surface area contributed by atoms with Gasteiger partial charge < -0.3 is 10.2 Å². The van der Waals surface area contributed by atoms with E-state index in [0.29, 0.717) is 9.36 Å². The van der Waals surface area contributed by atoms with Crippen LogP contribution in [-0.2, 0) is 13.5 Å². The van der Waals surface area contributed by atoms with Gasteiger partial charge in [-0.2, -0.15) is 0 Å². The van der Waals surface area contributed by atoms with E-state index in [2.05, 4.69) is 0 Å². The summed E-state index contributed by atoms with van der Waals surface area (Å²) in [5.74, 6) is 0. The molecule has 0 saturated heterocycles. The lowest BCUT2D eigenvalue weighted by Crippen LogP contribution is -2.26. The van der Waals surface area contributed by atoms with E-state index >= 15 is 0 Å². The van der Waals surface area contributed by atoms with E-state index in [9.17, 15) is 9.59 Å². The van der Waals surface area contributed by atoms with Gasteiger partial charge in [-0.25, -0.2) is 19.0 Å². The first kappa shape index (κ1) is 7.76. The maximum atomic E-state index is 10.7. The van der Waals surface area contributed by atoms with Gasteiger partial charge in [0.25, 0.3) is 0 Å². The number of H-pyrrole nitrogens is 1. The van der Waals surface area contributed by atoms with Crippen molar-refractivity contribution < 1.29 is 10.2 Å². The first-order valence-corrected chi connectivity index (χ1v) is 2.82. The summed E-state index contributed by atoms with van der Waals surface area (Å²) in [4.78, 5) is 23.2. The molecule has 62 valence electrons. The van der Waals surface area contributed by atoms with Crippen LogP contribution < -0.4 is 11.4 Å². The van der Waals surface area contributed by atoms with Crippen molar-refractivity contribution in [3.63, 3.8) is 0 Å². The smallest absolute Gasteiger partial charge is 0.346 e. The van der Waals surface area contributed by atoms with Crippen LogP contribution in [0.2, 0.25) is 0 Å². The predicted molar refractivity (Wildman–Crippen MR) is 33.8 cm³/mol. The molecule has 1 rings (SSSR count).